The van der Waals surface area contributed by atoms with E-state index in [0.29, 0.717) is 64.0 Å². The topological polar surface area (TPSA) is 94.1 Å². The van der Waals surface area contributed by atoms with Crippen LogP contribution in [0.2, 0.25) is 5.02 Å². The lowest BCUT2D eigenvalue weighted by atomic mass is 10.0. The van der Waals surface area contributed by atoms with Gasteiger partial charge in [-0.25, -0.2) is 9.97 Å². The number of ether oxygens (including phenoxy) is 1. The van der Waals surface area contributed by atoms with Crippen molar-refractivity contribution in [1.29, 1.82) is 0 Å². The fourth-order valence-corrected chi connectivity index (χ4v) is 5.07. The Balaban J connectivity index is 1.58. The van der Waals surface area contributed by atoms with Crippen LogP contribution >= 0.6 is 11.6 Å². The molecule has 1 aliphatic rings. The Labute approximate surface area is 234 Å². The Kier molecular flexibility index (Phi) is 7.74. The fourth-order valence-electron chi connectivity index (χ4n) is 4.86. The van der Waals surface area contributed by atoms with Crippen molar-refractivity contribution in [2.45, 2.75) is 53.0 Å². The molecule has 13 heteroatoms. The molecule has 0 aliphatic carbocycles. The van der Waals surface area contributed by atoms with Gasteiger partial charge in [-0.3, -0.25) is 4.68 Å². The number of fused-ring (bicyclic) bond motifs is 1. The predicted octanol–water partition coefficient (Wildman–Crippen LogP) is 5.64. The van der Waals surface area contributed by atoms with Crippen LogP contribution in [0.4, 0.5) is 19.0 Å². The minimum absolute atomic E-state index is 0.214. The minimum atomic E-state index is -4.38. The predicted molar refractivity (Wildman–Crippen MR) is 144 cm³/mol. The van der Waals surface area contributed by atoms with Gasteiger partial charge in [-0.1, -0.05) is 16.8 Å². The lowest BCUT2D eigenvalue weighted by Gasteiger charge is -2.22. The lowest BCUT2D eigenvalue weighted by Crippen LogP contribution is -2.23. The molecule has 0 fully saturated rings. The van der Waals surface area contributed by atoms with Crippen LogP contribution in [0.1, 0.15) is 34.7 Å². The second kappa shape index (κ2) is 11.1. The second-order valence-corrected chi connectivity index (χ2v) is 10.1. The van der Waals surface area contributed by atoms with Crippen molar-refractivity contribution in [2.24, 2.45) is 0 Å². The largest absolute Gasteiger partial charge is 0.494 e. The van der Waals surface area contributed by atoms with Gasteiger partial charge in [0.15, 0.2) is 5.82 Å². The molecule has 212 valence electrons. The van der Waals surface area contributed by atoms with E-state index in [1.54, 1.807) is 25.1 Å². The Morgan fingerprint density at radius 2 is 1.95 bits per heavy atom. The third kappa shape index (κ3) is 5.64. The van der Waals surface area contributed by atoms with Crippen molar-refractivity contribution in [3.63, 3.8) is 0 Å². The Bertz CT molecular complexity index is 1510. The van der Waals surface area contributed by atoms with Crippen LogP contribution in [0.15, 0.2) is 28.9 Å². The molecule has 0 radical (unpaired) electrons. The second-order valence-electron chi connectivity index (χ2n) is 9.74. The molecule has 0 unspecified atom stereocenters. The van der Waals surface area contributed by atoms with Gasteiger partial charge in [0.05, 0.1) is 47.0 Å². The van der Waals surface area contributed by atoms with E-state index in [1.165, 1.54) is 6.20 Å². The molecular weight excluding hydrogens is 547 g/mol. The summed E-state index contributed by atoms with van der Waals surface area (Å²) in [5.41, 5.74) is 4.55. The minimum Gasteiger partial charge on any atom is -0.494 e. The summed E-state index contributed by atoms with van der Waals surface area (Å²) in [5.74, 6) is 2.15. The van der Waals surface area contributed by atoms with Gasteiger partial charge in [-0.05, 0) is 59.0 Å². The summed E-state index contributed by atoms with van der Waals surface area (Å²) in [4.78, 5) is 11.7. The molecule has 4 aromatic rings. The molecule has 0 atom stereocenters. The smallest absolute Gasteiger partial charge is 0.408 e. The quantitative estimate of drug-likeness (QED) is 0.256. The highest BCUT2D eigenvalue weighted by Gasteiger charge is 2.34. The molecular formula is C27H29ClF3N7O2. The summed E-state index contributed by atoms with van der Waals surface area (Å²) in [6, 6.07) is 5.33. The summed E-state index contributed by atoms with van der Waals surface area (Å²) in [5, 5.41) is 11.6. The zero-order valence-corrected chi connectivity index (χ0v) is 23.3. The van der Waals surface area contributed by atoms with Gasteiger partial charge < -0.3 is 19.5 Å². The van der Waals surface area contributed by atoms with Crippen molar-refractivity contribution < 1.29 is 22.4 Å². The standard InChI is InChI=1S/C27H29ClF3N7O2/c1-15-24(23-16(2)36-40-17(23)3)34-25(20-10-19(6-7-21(20)28)39-9-5-8-32-4)35-26(15)37-12-18-11-33-38(22(18)13-37)14-27(29,30)31/h6-7,10-11,32H,5,8-9,12-14H2,1-4H3. The molecule has 0 bridgehead atoms. The van der Waals surface area contributed by atoms with Gasteiger partial charge in [-0.2, -0.15) is 18.3 Å². The first-order valence-corrected chi connectivity index (χ1v) is 13.2. The van der Waals surface area contributed by atoms with Crippen LogP contribution in [0.5, 0.6) is 5.75 Å². The van der Waals surface area contributed by atoms with Crippen LogP contribution in [-0.4, -0.2) is 51.3 Å². The molecule has 4 heterocycles. The molecule has 1 aromatic carbocycles. The molecule has 1 N–H and O–H groups in total. The van der Waals surface area contributed by atoms with Crippen LogP contribution in [0.25, 0.3) is 22.6 Å². The van der Waals surface area contributed by atoms with Crippen LogP contribution in [-0.2, 0) is 19.6 Å². The maximum Gasteiger partial charge on any atom is 0.408 e. The molecule has 40 heavy (non-hydrogen) atoms. The van der Waals surface area contributed by atoms with E-state index >= 15 is 0 Å². The fraction of sp³-hybridized carbons (Fsp3) is 0.407. The van der Waals surface area contributed by atoms with Crippen molar-refractivity contribution in [1.82, 2.24) is 30.2 Å². The molecule has 0 amide bonds. The monoisotopic (exact) mass is 575 g/mol. The van der Waals surface area contributed by atoms with Crippen LogP contribution < -0.4 is 15.0 Å². The van der Waals surface area contributed by atoms with E-state index < -0.39 is 12.7 Å². The van der Waals surface area contributed by atoms with E-state index in [0.717, 1.165) is 34.3 Å². The zero-order valence-electron chi connectivity index (χ0n) is 22.6. The van der Waals surface area contributed by atoms with Crippen molar-refractivity contribution in [2.75, 3.05) is 25.1 Å². The van der Waals surface area contributed by atoms with Gasteiger partial charge >= 0.3 is 6.18 Å². The molecule has 0 saturated heterocycles. The third-order valence-corrected chi connectivity index (χ3v) is 7.10. The third-order valence-electron chi connectivity index (χ3n) is 6.77. The maximum absolute atomic E-state index is 13.1. The maximum atomic E-state index is 13.1. The summed E-state index contributed by atoms with van der Waals surface area (Å²) in [7, 11) is 1.88. The lowest BCUT2D eigenvalue weighted by molar-refractivity contribution is -0.143. The molecule has 0 saturated carbocycles. The number of aromatic nitrogens is 5. The van der Waals surface area contributed by atoms with Gasteiger partial charge in [0.25, 0.3) is 0 Å². The molecule has 3 aromatic heterocycles. The van der Waals surface area contributed by atoms with E-state index in [4.69, 9.17) is 30.8 Å². The van der Waals surface area contributed by atoms with Crippen LogP contribution in [0.3, 0.4) is 0 Å². The average Bonchev–Trinajstić information content (AvgIpc) is 3.58. The SMILES string of the molecule is CNCCCOc1ccc(Cl)c(-c2nc(-c3c(C)noc3C)c(C)c(N3Cc4cnn(CC(F)(F)F)c4C3)n2)c1. The number of benzene rings is 1. The number of hydrogen-bond acceptors (Lipinski definition) is 8. The van der Waals surface area contributed by atoms with Gasteiger partial charge in [0.1, 0.15) is 23.9 Å². The molecule has 5 rings (SSSR count). The number of halogens is 4. The molecule has 9 nitrogen and oxygen atoms in total. The van der Waals surface area contributed by atoms with Crippen LogP contribution in [0, 0.1) is 20.8 Å². The number of alkyl halides is 3. The summed E-state index contributed by atoms with van der Waals surface area (Å²) < 4.78 is 51.8. The number of aryl methyl sites for hydroxylation is 2. The van der Waals surface area contributed by atoms with E-state index in [9.17, 15) is 13.2 Å². The average molecular weight is 576 g/mol. The highest BCUT2D eigenvalue weighted by atomic mass is 35.5. The number of nitrogens with one attached hydrogen (secondary N) is 1. The van der Waals surface area contributed by atoms with Gasteiger partial charge in [0.2, 0.25) is 0 Å². The van der Waals surface area contributed by atoms with E-state index in [1.807, 2.05) is 25.8 Å². The highest BCUT2D eigenvalue weighted by molar-refractivity contribution is 6.33. The number of nitrogens with zero attached hydrogens (tertiary/aromatic N) is 6. The molecule has 1 aliphatic heterocycles. The Morgan fingerprint density at radius 3 is 2.65 bits per heavy atom. The summed E-state index contributed by atoms with van der Waals surface area (Å²) in [6.07, 6.45) is -2.06. The van der Waals surface area contributed by atoms with E-state index in [-0.39, 0.29) is 6.54 Å². The zero-order chi connectivity index (χ0) is 28.6. The Morgan fingerprint density at radius 1 is 1.15 bits per heavy atom. The summed E-state index contributed by atoms with van der Waals surface area (Å²) >= 11 is 6.64. The van der Waals surface area contributed by atoms with Crippen molar-refractivity contribution >= 4 is 17.4 Å². The first-order valence-electron chi connectivity index (χ1n) is 12.8. The summed E-state index contributed by atoms with van der Waals surface area (Å²) in [6.45, 7) is 6.29. The Hall–Kier alpha value is -3.64. The van der Waals surface area contributed by atoms with Gasteiger partial charge in [-0.15, -0.1) is 0 Å². The normalized spacial score (nSPS) is 13.2. The van der Waals surface area contributed by atoms with Crippen molar-refractivity contribution in [3.05, 3.63) is 57.7 Å². The first-order chi connectivity index (χ1) is 19.1. The van der Waals surface area contributed by atoms with E-state index in [2.05, 4.69) is 15.6 Å². The highest BCUT2D eigenvalue weighted by Crippen LogP contribution is 2.39. The van der Waals surface area contributed by atoms with Gasteiger partial charge in [0, 0.05) is 23.2 Å². The molecule has 0 spiro atoms. The first kappa shape index (κ1) is 27.9. The number of anilines is 1. The number of rotatable bonds is 9. The van der Waals surface area contributed by atoms with Crippen molar-refractivity contribution in [3.8, 4) is 28.4 Å². The number of hydrogen-bond donors (Lipinski definition) is 1.